The van der Waals surface area contributed by atoms with Crippen LogP contribution in [-0.4, -0.2) is 57.4 Å². The molecule has 0 heterocycles. The number of hydrogen-bond acceptors (Lipinski definition) is 8. The zero-order valence-corrected chi connectivity index (χ0v) is 23.6. The van der Waals surface area contributed by atoms with E-state index in [1.165, 1.54) is 38.5 Å². The number of ether oxygens (including phenoxy) is 4. The van der Waals surface area contributed by atoms with Crippen LogP contribution in [0.25, 0.3) is 10.8 Å². The fourth-order valence-electron chi connectivity index (χ4n) is 4.03. The van der Waals surface area contributed by atoms with Gasteiger partial charge in [0.25, 0.3) is 0 Å². The van der Waals surface area contributed by atoms with Gasteiger partial charge >= 0.3 is 0 Å². The van der Waals surface area contributed by atoms with Gasteiger partial charge in [-0.15, -0.1) is 0 Å². The minimum Gasteiger partial charge on any atom is -0.493 e. The summed E-state index contributed by atoms with van der Waals surface area (Å²) in [4.78, 5) is -0.0855. The van der Waals surface area contributed by atoms with Crippen LogP contribution in [-0.2, 0) is 20.0 Å². The highest BCUT2D eigenvalue weighted by molar-refractivity contribution is 7.90. The lowest BCUT2D eigenvalue weighted by Crippen LogP contribution is -2.29. The van der Waals surface area contributed by atoms with E-state index >= 15 is 0 Å². The molecule has 0 atom stereocenters. The molecule has 0 aromatic heterocycles. The molecule has 0 unspecified atom stereocenters. The Labute approximate surface area is 233 Å². The minimum atomic E-state index is -3.99. The summed E-state index contributed by atoms with van der Waals surface area (Å²) < 4.78 is 79.4. The third kappa shape index (κ3) is 6.83. The van der Waals surface area contributed by atoms with Crippen LogP contribution in [0.5, 0.6) is 23.0 Å². The Kier molecular flexibility index (Phi) is 9.48. The van der Waals surface area contributed by atoms with E-state index in [2.05, 4.69) is 9.44 Å². The average Bonchev–Trinajstić information content (AvgIpc) is 2.97. The highest BCUT2D eigenvalue weighted by Gasteiger charge is 2.22. The Morgan fingerprint density at radius 3 is 1.27 bits per heavy atom. The maximum Gasteiger partial charge on any atom is 0.241 e. The van der Waals surface area contributed by atoms with Crippen molar-refractivity contribution in [2.24, 2.45) is 0 Å². The summed E-state index contributed by atoms with van der Waals surface area (Å²) in [5.41, 5.74) is 0. The van der Waals surface area contributed by atoms with Gasteiger partial charge in [0.05, 0.1) is 24.0 Å². The molecule has 0 aliphatic carbocycles. The standard InChI is InChI=1S/C28H30N2O8S2/c1-35-23-11-3-5-13-25(23)37-19-17-29-39(31,32)27-15-7-10-22-21(27)9-8-16-28(22)40(33,34)30-18-20-38-26-14-6-4-12-24(26)36-2/h3-16,29-30H,17-20H2,1-2H3. The van der Waals surface area contributed by atoms with E-state index in [9.17, 15) is 16.8 Å². The number of benzene rings is 4. The summed E-state index contributed by atoms with van der Waals surface area (Å²) in [6, 6.07) is 23.1. The van der Waals surface area contributed by atoms with E-state index in [0.29, 0.717) is 23.0 Å². The number of fused-ring (bicyclic) bond motifs is 1. The second-order valence-corrected chi connectivity index (χ2v) is 11.9. The molecule has 0 amide bonds. The van der Waals surface area contributed by atoms with Gasteiger partial charge in [-0.05, 0) is 36.4 Å². The Hall–Kier alpha value is -3.84. The fourth-order valence-corrected chi connectivity index (χ4v) is 6.49. The van der Waals surface area contributed by atoms with Gasteiger partial charge < -0.3 is 18.9 Å². The molecule has 0 saturated carbocycles. The largest absolute Gasteiger partial charge is 0.493 e. The van der Waals surface area contributed by atoms with Gasteiger partial charge in [-0.3, -0.25) is 0 Å². The maximum absolute atomic E-state index is 13.2. The van der Waals surface area contributed by atoms with Crippen LogP contribution in [0.2, 0.25) is 0 Å². The van der Waals surface area contributed by atoms with E-state index in [0.717, 1.165) is 0 Å². The average molecular weight is 587 g/mol. The second-order valence-electron chi connectivity index (χ2n) is 8.40. The van der Waals surface area contributed by atoms with Gasteiger partial charge in [-0.25, -0.2) is 26.3 Å². The van der Waals surface area contributed by atoms with E-state index < -0.39 is 20.0 Å². The fraction of sp³-hybridized carbons (Fsp3) is 0.214. The highest BCUT2D eigenvalue weighted by atomic mass is 32.2. The van der Waals surface area contributed by atoms with Crippen molar-refractivity contribution < 1.29 is 35.8 Å². The number of nitrogens with one attached hydrogen (secondary N) is 2. The number of sulfonamides is 2. The molecule has 4 rings (SSSR count). The number of para-hydroxylation sites is 4. The molecule has 0 aliphatic rings. The number of methoxy groups -OCH3 is 2. The lowest BCUT2D eigenvalue weighted by molar-refractivity contribution is 0.298. The van der Waals surface area contributed by atoms with Crippen LogP contribution < -0.4 is 28.4 Å². The summed E-state index contributed by atoms with van der Waals surface area (Å²) >= 11 is 0. The monoisotopic (exact) mass is 586 g/mol. The Bertz CT molecular complexity index is 1550. The van der Waals surface area contributed by atoms with Crippen LogP contribution in [0, 0.1) is 0 Å². The predicted octanol–water partition coefficient (Wildman–Crippen LogP) is 3.57. The molecule has 12 heteroatoms. The second kappa shape index (κ2) is 13.0. The normalized spacial score (nSPS) is 11.8. The lowest BCUT2D eigenvalue weighted by Gasteiger charge is -2.14. The van der Waals surface area contributed by atoms with Crippen molar-refractivity contribution in [2.75, 3.05) is 40.5 Å². The van der Waals surface area contributed by atoms with Crippen molar-refractivity contribution in [3.05, 3.63) is 84.9 Å². The van der Waals surface area contributed by atoms with Crippen molar-refractivity contribution in [1.29, 1.82) is 0 Å². The first kappa shape index (κ1) is 29.2. The summed E-state index contributed by atoms with van der Waals surface area (Å²) in [7, 11) is -4.93. The maximum atomic E-state index is 13.2. The molecule has 0 aliphatic heterocycles. The molecule has 4 aromatic rings. The quantitative estimate of drug-likeness (QED) is 0.215. The molecular formula is C28H30N2O8S2. The summed E-state index contributed by atoms with van der Waals surface area (Å²) in [5.74, 6) is 2.05. The SMILES string of the molecule is COc1ccccc1OCCNS(=O)(=O)c1cccc2c(S(=O)(=O)NCCOc3ccccc3OC)cccc12. The van der Waals surface area contributed by atoms with E-state index in [-0.39, 0.29) is 46.9 Å². The molecule has 0 fully saturated rings. The summed E-state index contributed by atoms with van der Waals surface area (Å²) in [5, 5.41) is 0.544. The van der Waals surface area contributed by atoms with Gasteiger partial charge in [0, 0.05) is 23.9 Å². The first-order valence-electron chi connectivity index (χ1n) is 12.3. The number of rotatable bonds is 14. The Morgan fingerprint density at radius 1 is 0.525 bits per heavy atom. The van der Waals surface area contributed by atoms with Crippen LogP contribution in [0.15, 0.2) is 94.7 Å². The highest BCUT2D eigenvalue weighted by Crippen LogP contribution is 2.29. The summed E-state index contributed by atoms with van der Waals surface area (Å²) in [6.45, 7) is 0.0979. The lowest BCUT2D eigenvalue weighted by atomic mass is 10.1. The number of hydrogen-bond donors (Lipinski definition) is 2. The van der Waals surface area contributed by atoms with E-state index in [4.69, 9.17) is 18.9 Å². The van der Waals surface area contributed by atoms with Gasteiger partial charge in [-0.1, -0.05) is 48.5 Å². The molecule has 0 spiro atoms. The van der Waals surface area contributed by atoms with E-state index in [1.807, 2.05) is 0 Å². The van der Waals surface area contributed by atoms with Gasteiger partial charge in [0.1, 0.15) is 13.2 Å². The third-order valence-electron chi connectivity index (χ3n) is 5.86. The molecule has 0 saturated heterocycles. The van der Waals surface area contributed by atoms with Crippen molar-refractivity contribution >= 4 is 30.8 Å². The van der Waals surface area contributed by atoms with Gasteiger partial charge in [-0.2, -0.15) is 0 Å². The Balaban J connectivity index is 1.45. The zero-order valence-electron chi connectivity index (χ0n) is 22.0. The van der Waals surface area contributed by atoms with Crippen molar-refractivity contribution in [3.63, 3.8) is 0 Å². The topological polar surface area (TPSA) is 129 Å². The van der Waals surface area contributed by atoms with Crippen molar-refractivity contribution in [3.8, 4) is 23.0 Å². The smallest absolute Gasteiger partial charge is 0.241 e. The summed E-state index contributed by atoms with van der Waals surface area (Å²) in [6.07, 6.45) is 0. The van der Waals surface area contributed by atoms with Crippen LogP contribution >= 0.6 is 0 Å². The van der Waals surface area contributed by atoms with Crippen LogP contribution in [0.1, 0.15) is 0 Å². The molecule has 40 heavy (non-hydrogen) atoms. The van der Waals surface area contributed by atoms with E-state index in [1.54, 1.807) is 60.7 Å². The van der Waals surface area contributed by atoms with Gasteiger partial charge in [0.2, 0.25) is 20.0 Å². The minimum absolute atomic E-state index is 0.0114. The molecule has 10 nitrogen and oxygen atoms in total. The molecule has 4 aromatic carbocycles. The van der Waals surface area contributed by atoms with Gasteiger partial charge in [0.15, 0.2) is 23.0 Å². The first-order chi connectivity index (χ1) is 19.3. The van der Waals surface area contributed by atoms with Crippen molar-refractivity contribution in [2.45, 2.75) is 9.79 Å². The Morgan fingerprint density at radius 2 is 0.900 bits per heavy atom. The van der Waals surface area contributed by atoms with Crippen molar-refractivity contribution in [1.82, 2.24) is 9.44 Å². The third-order valence-corrected chi connectivity index (χ3v) is 8.90. The van der Waals surface area contributed by atoms with Crippen LogP contribution in [0.4, 0.5) is 0 Å². The molecule has 212 valence electrons. The molecule has 0 bridgehead atoms. The predicted molar refractivity (Wildman–Crippen MR) is 151 cm³/mol. The molecule has 2 N–H and O–H groups in total. The zero-order chi connectivity index (χ0) is 28.6. The van der Waals surface area contributed by atoms with Crippen LogP contribution in [0.3, 0.4) is 0 Å². The first-order valence-corrected chi connectivity index (χ1v) is 15.3. The molecule has 0 radical (unpaired) electrons. The molecular weight excluding hydrogens is 556 g/mol.